The zero-order valence-corrected chi connectivity index (χ0v) is 10.3. The number of hydrogen-bond acceptors (Lipinski definition) is 3. The molecule has 0 fully saturated rings. The van der Waals surface area contributed by atoms with Gasteiger partial charge in [-0.05, 0) is 42.8 Å². The highest BCUT2D eigenvalue weighted by molar-refractivity contribution is 5.84. The molecule has 0 spiro atoms. The molecular formula is C14H13N3O. The number of fused-ring (bicyclic) bond motifs is 1. The Morgan fingerprint density at radius 2 is 2.11 bits per heavy atom. The number of hydrogen-bond donors (Lipinski definition) is 0. The lowest BCUT2D eigenvalue weighted by Gasteiger charge is -2.08. The van der Waals surface area contributed by atoms with Crippen molar-refractivity contribution in [2.75, 3.05) is 7.11 Å². The fraction of sp³-hybridized carbons (Fsp3) is 0.143. The first-order valence-electron chi connectivity index (χ1n) is 5.73. The van der Waals surface area contributed by atoms with E-state index >= 15 is 0 Å². The van der Waals surface area contributed by atoms with E-state index in [0.29, 0.717) is 0 Å². The largest absolute Gasteiger partial charge is 0.497 e. The molecule has 4 nitrogen and oxygen atoms in total. The van der Waals surface area contributed by atoms with Crippen LogP contribution in [0.25, 0.3) is 16.7 Å². The second-order valence-electron chi connectivity index (χ2n) is 4.13. The topological polar surface area (TPSA) is 39.9 Å². The third-order valence-corrected chi connectivity index (χ3v) is 2.95. The van der Waals surface area contributed by atoms with Crippen LogP contribution in [0, 0.1) is 6.92 Å². The monoisotopic (exact) mass is 239 g/mol. The zero-order chi connectivity index (χ0) is 12.5. The van der Waals surface area contributed by atoms with E-state index in [2.05, 4.69) is 17.0 Å². The molecule has 0 aliphatic carbocycles. The summed E-state index contributed by atoms with van der Waals surface area (Å²) in [5.41, 5.74) is 2.10. The Hall–Kier alpha value is -2.36. The van der Waals surface area contributed by atoms with E-state index in [1.54, 1.807) is 18.0 Å². The lowest BCUT2D eigenvalue weighted by molar-refractivity contribution is 0.415. The second kappa shape index (κ2) is 4.14. The van der Waals surface area contributed by atoms with Gasteiger partial charge in [0.25, 0.3) is 0 Å². The molecule has 0 aliphatic rings. The Bertz CT molecular complexity index is 690. The van der Waals surface area contributed by atoms with Crippen LogP contribution in [0.1, 0.15) is 5.56 Å². The van der Waals surface area contributed by atoms with Crippen LogP contribution in [0.2, 0.25) is 0 Å². The molecule has 0 saturated heterocycles. The minimum absolute atomic E-state index is 0.829. The van der Waals surface area contributed by atoms with Crippen molar-refractivity contribution in [2.45, 2.75) is 6.92 Å². The van der Waals surface area contributed by atoms with Gasteiger partial charge in [0.05, 0.1) is 12.6 Å². The fourth-order valence-corrected chi connectivity index (χ4v) is 2.00. The van der Waals surface area contributed by atoms with Gasteiger partial charge in [0.1, 0.15) is 5.75 Å². The number of ether oxygens (including phenoxy) is 1. The molecule has 3 rings (SSSR count). The molecule has 0 unspecified atom stereocenters. The maximum absolute atomic E-state index is 5.23. The number of methoxy groups -OCH3 is 1. The Balaban J connectivity index is 2.22. The van der Waals surface area contributed by atoms with E-state index in [9.17, 15) is 0 Å². The smallest absolute Gasteiger partial charge is 0.154 e. The first kappa shape index (κ1) is 10.8. The van der Waals surface area contributed by atoms with E-state index < -0.39 is 0 Å². The molecule has 0 bridgehead atoms. The molecule has 0 amide bonds. The van der Waals surface area contributed by atoms with Crippen molar-refractivity contribution in [1.29, 1.82) is 0 Å². The number of pyridine rings is 1. The van der Waals surface area contributed by atoms with Crippen molar-refractivity contribution < 1.29 is 4.74 Å². The minimum atomic E-state index is 0.829. The molecule has 0 N–H and O–H groups in total. The van der Waals surface area contributed by atoms with Crippen LogP contribution in [-0.2, 0) is 0 Å². The summed E-state index contributed by atoms with van der Waals surface area (Å²) in [4.78, 5) is 4.60. The molecule has 1 aromatic carbocycles. The molecule has 2 heterocycles. The lowest BCUT2D eigenvalue weighted by Crippen LogP contribution is -1.99. The van der Waals surface area contributed by atoms with Gasteiger partial charge in [0.2, 0.25) is 0 Å². The molecule has 0 atom stereocenters. The minimum Gasteiger partial charge on any atom is -0.497 e. The molecule has 4 heteroatoms. The second-order valence-corrected chi connectivity index (χ2v) is 4.13. The van der Waals surface area contributed by atoms with E-state index in [1.165, 1.54) is 0 Å². The van der Waals surface area contributed by atoms with Gasteiger partial charge in [0, 0.05) is 17.8 Å². The maximum atomic E-state index is 5.23. The van der Waals surface area contributed by atoms with Gasteiger partial charge in [-0.2, -0.15) is 5.10 Å². The van der Waals surface area contributed by atoms with Gasteiger partial charge < -0.3 is 4.74 Å². The summed E-state index contributed by atoms with van der Waals surface area (Å²) in [6, 6.07) is 9.80. The molecule has 3 aromatic rings. The van der Waals surface area contributed by atoms with Crippen LogP contribution < -0.4 is 4.74 Å². The predicted molar refractivity (Wildman–Crippen MR) is 70.2 cm³/mol. The van der Waals surface area contributed by atoms with Crippen LogP contribution in [0.3, 0.4) is 0 Å². The summed E-state index contributed by atoms with van der Waals surface area (Å²) in [7, 11) is 1.67. The number of aromatic nitrogens is 3. The molecule has 18 heavy (non-hydrogen) atoms. The summed E-state index contributed by atoms with van der Waals surface area (Å²) in [5.74, 6) is 1.68. The number of benzene rings is 1. The highest BCUT2D eigenvalue weighted by atomic mass is 16.5. The average molecular weight is 239 g/mol. The van der Waals surface area contributed by atoms with Gasteiger partial charge in [-0.25, -0.2) is 9.67 Å². The van der Waals surface area contributed by atoms with E-state index in [-0.39, 0.29) is 0 Å². The van der Waals surface area contributed by atoms with Crippen molar-refractivity contribution in [2.24, 2.45) is 0 Å². The molecule has 2 aromatic heterocycles. The van der Waals surface area contributed by atoms with Gasteiger partial charge in [0.15, 0.2) is 5.82 Å². The lowest BCUT2D eigenvalue weighted by atomic mass is 10.1. The standard InChI is InChI=1S/C14H13N3O/c1-10-8-14(17-7-3-6-15-17)16-13-5-4-11(18-2)9-12(10)13/h3-9H,1-2H3. The number of aryl methyl sites for hydroxylation is 1. The van der Waals surface area contributed by atoms with Crippen LogP contribution in [0.4, 0.5) is 0 Å². The molecule has 0 radical (unpaired) electrons. The summed E-state index contributed by atoms with van der Waals surface area (Å²) >= 11 is 0. The SMILES string of the molecule is COc1ccc2nc(-n3cccn3)cc(C)c2c1. The summed E-state index contributed by atoms with van der Waals surface area (Å²) in [6.07, 6.45) is 3.63. The van der Waals surface area contributed by atoms with Crippen molar-refractivity contribution in [1.82, 2.24) is 14.8 Å². The van der Waals surface area contributed by atoms with Crippen molar-refractivity contribution in [3.8, 4) is 11.6 Å². The average Bonchev–Trinajstić information content (AvgIpc) is 2.92. The normalized spacial score (nSPS) is 10.8. The molecule has 90 valence electrons. The summed E-state index contributed by atoms with van der Waals surface area (Å²) < 4.78 is 7.00. The quantitative estimate of drug-likeness (QED) is 0.690. The van der Waals surface area contributed by atoms with E-state index in [1.807, 2.05) is 36.5 Å². The Labute approximate surface area is 105 Å². The van der Waals surface area contributed by atoms with Crippen LogP contribution in [-0.4, -0.2) is 21.9 Å². The van der Waals surface area contributed by atoms with Crippen LogP contribution >= 0.6 is 0 Å². The first-order valence-corrected chi connectivity index (χ1v) is 5.73. The molecule has 0 saturated carbocycles. The first-order chi connectivity index (χ1) is 8.78. The third kappa shape index (κ3) is 1.72. The Kier molecular flexibility index (Phi) is 2.48. The van der Waals surface area contributed by atoms with E-state index in [4.69, 9.17) is 4.74 Å². The maximum Gasteiger partial charge on any atom is 0.154 e. The highest BCUT2D eigenvalue weighted by Gasteiger charge is 2.05. The van der Waals surface area contributed by atoms with Crippen molar-refractivity contribution in [3.05, 3.63) is 48.3 Å². The van der Waals surface area contributed by atoms with Crippen LogP contribution in [0.5, 0.6) is 5.75 Å². The van der Waals surface area contributed by atoms with Crippen LogP contribution in [0.15, 0.2) is 42.7 Å². The summed E-state index contributed by atoms with van der Waals surface area (Å²) in [5, 5.41) is 5.30. The van der Waals surface area contributed by atoms with Gasteiger partial charge in [-0.15, -0.1) is 0 Å². The van der Waals surface area contributed by atoms with Gasteiger partial charge >= 0.3 is 0 Å². The zero-order valence-electron chi connectivity index (χ0n) is 10.3. The van der Waals surface area contributed by atoms with Gasteiger partial charge in [-0.1, -0.05) is 0 Å². The molecule has 0 aliphatic heterocycles. The molecular weight excluding hydrogens is 226 g/mol. The van der Waals surface area contributed by atoms with Gasteiger partial charge in [-0.3, -0.25) is 0 Å². The van der Waals surface area contributed by atoms with E-state index in [0.717, 1.165) is 28.0 Å². The Morgan fingerprint density at radius 1 is 1.22 bits per heavy atom. The fourth-order valence-electron chi connectivity index (χ4n) is 2.00. The predicted octanol–water partition coefficient (Wildman–Crippen LogP) is 2.74. The summed E-state index contributed by atoms with van der Waals surface area (Å²) in [6.45, 7) is 2.07. The Morgan fingerprint density at radius 3 is 2.83 bits per heavy atom. The highest BCUT2D eigenvalue weighted by Crippen LogP contribution is 2.23. The third-order valence-electron chi connectivity index (χ3n) is 2.95. The number of rotatable bonds is 2. The number of nitrogens with zero attached hydrogens (tertiary/aromatic N) is 3. The van der Waals surface area contributed by atoms with Crippen molar-refractivity contribution in [3.63, 3.8) is 0 Å². The van der Waals surface area contributed by atoms with Crippen molar-refractivity contribution >= 4 is 10.9 Å².